The molecule has 0 aliphatic carbocycles. The predicted molar refractivity (Wildman–Crippen MR) is 131 cm³/mol. The molecule has 0 radical (unpaired) electrons. The standard InChI is InChI=1S/C18H12BrI2NO2S2/c1-22-17(23)15(26-18(22)25)8-11-6-13(20)16(14(21)7-11)24-9-10-2-4-12(19)5-3-10/h2-8H,9H2,1H3. The fourth-order valence-electron chi connectivity index (χ4n) is 2.23. The van der Waals surface area contributed by atoms with Gasteiger partial charge in [0.25, 0.3) is 5.91 Å². The number of likely N-dealkylation sites (N-methyl/N-ethyl adjacent to an activating group) is 1. The van der Waals surface area contributed by atoms with Gasteiger partial charge in [-0.1, -0.05) is 52.0 Å². The molecule has 1 amide bonds. The van der Waals surface area contributed by atoms with Crippen LogP contribution < -0.4 is 4.74 Å². The summed E-state index contributed by atoms with van der Waals surface area (Å²) >= 11 is 14.5. The molecule has 3 rings (SSSR count). The Balaban J connectivity index is 1.79. The number of carbonyl (C=O) groups excluding carboxylic acids is 1. The number of benzene rings is 2. The van der Waals surface area contributed by atoms with Crippen molar-refractivity contribution in [3.63, 3.8) is 0 Å². The summed E-state index contributed by atoms with van der Waals surface area (Å²) in [6.45, 7) is 0.507. The van der Waals surface area contributed by atoms with Crippen LogP contribution in [0.1, 0.15) is 11.1 Å². The lowest BCUT2D eigenvalue weighted by Crippen LogP contribution is -2.22. The zero-order valence-corrected chi connectivity index (χ0v) is 21.0. The summed E-state index contributed by atoms with van der Waals surface area (Å²) in [5.41, 5.74) is 2.07. The molecule has 1 heterocycles. The minimum absolute atomic E-state index is 0.0550. The third kappa shape index (κ3) is 4.81. The minimum Gasteiger partial charge on any atom is -0.487 e. The quantitative estimate of drug-likeness (QED) is 0.224. The van der Waals surface area contributed by atoms with Gasteiger partial charge < -0.3 is 4.74 Å². The largest absolute Gasteiger partial charge is 0.487 e. The lowest BCUT2D eigenvalue weighted by atomic mass is 10.2. The molecule has 8 heteroatoms. The van der Waals surface area contributed by atoms with E-state index in [1.807, 2.05) is 42.5 Å². The highest BCUT2D eigenvalue weighted by Gasteiger charge is 2.28. The number of hydrogen-bond donors (Lipinski definition) is 0. The number of halogens is 3. The van der Waals surface area contributed by atoms with Crippen LogP contribution in [0.3, 0.4) is 0 Å². The molecule has 2 aromatic rings. The van der Waals surface area contributed by atoms with Crippen LogP contribution in [-0.2, 0) is 11.4 Å². The van der Waals surface area contributed by atoms with Crippen LogP contribution in [0.4, 0.5) is 0 Å². The Kier molecular flexibility index (Phi) is 7.03. The number of hydrogen-bond acceptors (Lipinski definition) is 4. The summed E-state index contributed by atoms with van der Waals surface area (Å²) < 4.78 is 9.66. The van der Waals surface area contributed by atoms with E-state index in [0.717, 1.165) is 28.5 Å². The molecule has 0 atom stereocenters. The highest BCUT2D eigenvalue weighted by atomic mass is 127. The first-order chi connectivity index (χ1) is 12.3. The minimum atomic E-state index is -0.0550. The van der Waals surface area contributed by atoms with E-state index >= 15 is 0 Å². The molecule has 0 aromatic heterocycles. The fraction of sp³-hybridized carbons (Fsp3) is 0.111. The van der Waals surface area contributed by atoms with Gasteiger partial charge >= 0.3 is 0 Å². The maximum absolute atomic E-state index is 12.2. The van der Waals surface area contributed by atoms with Crippen LogP contribution in [0.2, 0.25) is 0 Å². The molecule has 26 heavy (non-hydrogen) atoms. The predicted octanol–water partition coefficient (Wildman–Crippen LogP) is 6.07. The lowest BCUT2D eigenvalue weighted by Gasteiger charge is -2.12. The molecule has 0 saturated carbocycles. The van der Waals surface area contributed by atoms with Crippen LogP contribution in [-0.4, -0.2) is 22.2 Å². The van der Waals surface area contributed by atoms with Crippen molar-refractivity contribution in [1.29, 1.82) is 0 Å². The monoisotopic (exact) mass is 671 g/mol. The first kappa shape index (κ1) is 20.6. The van der Waals surface area contributed by atoms with Crippen molar-refractivity contribution in [2.45, 2.75) is 6.61 Å². The van der Waals surface area contributed by atoms with E-state index < -0.39 is 0 Å². The topological polar surface area (TPSA) is 29.5 Å². The van der Waals surface area contributed by atoms with Gasteiger partial charge in [0.1, 0.15) is 16.7 Å². The van der Waals surface area contributed by atoms with Gasteiger partial charge in [-0.25, -0.2) is 0 Å². The number of thioether (sulfide) groups is 1. The Labute approximate surface area is 197 Å². The number of thiocarbonyl (C=S) groups is 1. The molecule has 134 valence electrons. The zero-order valence-electron chi connectivity index (χ0n) is 13.5. The number of ether oxygens (including phenoxy) is 1. The Morgan fingerprint density at radius 3 is 2.38 bits per heavy atom. The summed E-state index contributed by atoms with van der Waals surface area (Å²) in [5.74, 6) is 0.801. The van der Waals surface area contributed by atoms with Crippen LogP contribution in [0.25, 0.3) is 6.08 Å². The van der Waals surface area contributed by atoms with Crippen LogP contribution >= 0.6 is 85.1 Å². The molecular formula is C18H12BrI2NO2S2. The van der Waals surface area contributed by atoms with E-state index in [-0.39, 0.29) is 5.91 Å². The number of carbonyl (C=O) groups is 1. The molecule has 0 spiro atoms. The van der Waals surface area contributed by atoms with E-state index in [0.29, 0.717) is 15.8 Å². The van der Waals surface area contributed by atoms with Crippen molar-refractivity contribution in [1.82, 2.24) is 4.90 Å². The molecule has 0 N–H and O–H groups in total. The van der Waals surface area contributed by atoms with Crippen molar-refractivity contribution in [3.8, 4) is 5.75 Å². The molecule has 3 nitrogen and oxygen atoms in total. The second kappa shape index (κ2) is 8.89. The summed E-state index contributed by atoms with van der Waals surface area (Å²) in [4.78, 5) is 14.3. The Bertz CT molecular complexity index is 893. The Hall–Kier alpha value is -0.170. The van der Waals surface area contributed by atoms with Gasteiger partial charge in [0.2, 0.25) is 0 Å². The molecule has 0 bridgehead atoms. The second-order valence-electron chi connectivity index (χ2n) is 5.47. The molecule has 1 saturated heterocycles. The maximum Gasteiger partial charge on any atom is 0.265 e. The summed E-state index contributed by atoms with van der Waals surface area (Å²) in [5, 5.41) is 0. The zero-order chi connectivity index (χ0) is 18.8. The molecule has 1 aliphatic heterocycles. The smallest absolute Gasteiger partial charge is 0.265 e. The average Bonchev–Trinajstić information content (AvgIpc) is 2.83. The van der Waals surface area contributed by atoms with Gasteiger partial charge in [-0.15, -0.1) is 0 Å². The molecule has 1 fully saturated rings. The Morgan fingerprint density at radius 2 is 1.85 bits per heavy atom. The summed E-state index contributed by atoms with van der Waals surface area (Å²) in [6, 6.07) is 12.1. The van der Waals surface area contributed by atoms with Gasteiger partial charge in [-0.3, -0.25) is 9.69 Å². The summed E-state index contributed by atoms with van der Waals surface area (Å²) in [7, 11) is 1.70. The summed E-state index contributed by atoms with van der Waals surface area (Å²) in [6.07, 6.45) is 1.88. The molecule has 0 unspecified atom stereocenters. The van der Waals surface area contributed by atoms with Gasteiger partial charge in [-0.2, -0.15) is 0 Å². The van der Waals surface area contributed by atoms with Crippen molar-refractivity contribution in [2.24, 2.45) is 0 Å². The van der Waals surface area contributed by atoms with Crippen molar-refractivity contribution in [3.05, 3.63) is 64.0 Å². The van der Waals surface area contributed by atoms with Crippen molar-refractivity contribution < 1.29 is 9.53 Å². The molecule has 1 aliphatic rings. The lowest BCUT2D eigenvalue weighted by molar-refractivity contribution is -0.121. The van der Waals surface area contributed by atoms with Crippen LogP contribution in [0.15, 0.2) is 45.8 Å². The number of rotatable bonds is 4. The first-order valence-electron chi connectivity index (χ1n) is 7.43. The van der Waals surface area contributed by atoms with Crippen LogP contribution in [0, 0.1) is 7.14 Å². The third-order valence-corrected chi connectivity index (χ3v) is 7.22. The number of nitrogens with zero attached hydrogens (tertiary/aromatic N) is 1. The highest BCUT2D eigenvalue weighted by Crippen LogP contribution is 2.34. The van der Waals surface area contributed by atoms with Crippen molar-refractivity contribution in [2.75, 3.05) is 7.05 Å². The third-order valence-electron chi connectivity index (χ3n) is 3.60. The van der Waals surface area contributed by atoms with E-state index in [1.165, 1.54) is 16.7 Å². The van der Waals surface area contributed by atoms with E-state index in [9.17, 15) is 4.79 Å². The maximum atomic E-state index is 12.2. The van der Waals surface area contributed by atoms with Gasteiger partial charge in [0, 0.05) is 11.5 Å². The molecule has 2 aromatic carbocycles. The van der Waals surface area contributed by atoms with Crippen molar-refractivity contribution >= 4 is 101 Å². The fourth-order valence-corrected chi connectivity index (χ4v) is 5.81. The highest BCUT2D eigenvalue weighted by molar-refractivity contribution is 14.1. The van der Waals surface area contributed by atoms with E-state index in [2.05, 4.69) is 61.1 Å². The van der Waals surface area contributed by atoms with E-state index in [1.54, 1.807) is 7.05 Å². The normalized spacial score (nSPS) is 15.8. The van der Waals surface area contributed by atoms with Gasteiger partial charge in [-0.05, 0) is 86.7 Å². The second-order valence-corrected chi connectivity index (χ2v) is 10.4. The van der Waals surface area contributed by atoms with Crippen LogP contribution in [0.5, 0.6) is 5.75 Å². The van der Waals surface area contributed by atoms with E-state index in [4.69, 9.17) is 17.0 Å². The molecular weight excluding hydrogens is 660 g/mol. The number of amides is 1. The average molecular weight is 672 g/mol. The SMILES string of the molecule is CN1C(=O)C(=Cc2cc(I)c(OCc3ccc(Br)cc3)c(I)c2)SC1=S. The van der Waals surface area contributed by atoms with Gasteiger partial charge in [0.05, 0.1) is 12.0 Å². The first-order valence-corrected chi connectivity index (χ1v) is 11.6. The van der Waals surface area contributed by atoms with Gasteiger partial charge in [0.15, 0.2) is 0 Å². The Morgan fingerprint density at radius 1 is 1.23 bits per heavy atom.